The van der Waals surface area contributed by atoms with Gasteiger partial charge in [0.05, 0.1) is 12.0 Å². The maximum absolute atomic E-state index is 12.0. The molecule has 0 aliphatic rings. The minimum absolute atomic E-state index is 0.0441. The monoisotopic (exact) mass is 273 g/mol. The maximum Gasteiger partial charge on any atom is 0.329 e. The zero-order valence-corrected chi connectivity index (χ0v) is 12.5. The second kappa shape index (κ2) is 7.48. The third-order valence-electron chi connectivity index (χ3n) is 3.51. The molecule has 0 aromatic carbocycles. The number of hydrogen-bond donors (Lipinski definition) is 3. The number of carbonyl (C=O) groups excluding carboxylic acids is 1. The molecule has 3 N–H and O–H groups in total. The van der Waals surface area contributed by atoms with Crippen molar-refractivity contribution in [3.05, 3.63) is 0 Å². The van der Waals surface area contributed by atoms with Gasteiger partial charge in [0, 0.05) is 0 Å². The molecular formula is C14H27NO4. The molecule has 112 valence electrons. The first-order valence-corrected chi connectivity index (χ1v) is 6.99. The highest BCUT2D eigenvalue weighted by Gasteiger charge is 2.35. The molecule has 0 aliphatic heterocycles. The number of carbonyl (C=O) groups is 2. The zero-order valence-electron chi connectivity index (χ0n) is 12.5. The van der Waals surface area contributed by atoms with Crippen molar-refractivity contribution in [3.63, 3.8) is 0 Å². The summed E-state index contributed by atoms with van der Waals surface area (Å²) in [7, 11) is 0. The molecule has 0 rings (SSSR count). The molecule has 0 saturated heterocycles. The highest BCUT2D eigenvalue weighted by molar-refractivity contribution is 5.87. The first-order chi connectivity index (χ1) is 8.73. The average Bonchev–Trinajstić information content (AvgIpc) is 2.28. The minimum atomic E-state index is -1.27. The summed E-state index contributed by atoms with van der Waals surface area (Å²) in [5.41, 5.74) is -2.29. The molecule has 1 unspecified atom stereocenters. The van der Waals surface area contributed by atoms with Crippen LogP contribution in [0.4, 0.5) is 0 Å². The van der Waals surface area contributed by atoms with E-state index in [9.17, 15) is 14.7 Å². The van der Waals surface area contributed by atoms with Gasteiger partial charge in [-0.05, 0) is 26.2 Å². The highest BCUT2D eigenvalue weighted by Crippen LogP contribution is 2.24. The van der Waals surface area contributed by atoms with E-state index < -0.39 is 23.0 Å². The van der Waals surface area contributed by atoms with Crippen LogP contribution in [0.1, 0.15) is 66.2 Å². The maximum atomic E-state index is 12.0. The molecule has 0 fully saturated rings. The number of carboxylic acids is 1. The van der Waals surface area contributed by atoms with Crippen LogP contribution in [0, 0.1) is 0 Å². The lowest BCUT2D eigenvalue weighted by Crippen LogP contribution is -2.53. The quantitative estimate of drug-likeness (QED) is 0.600. The van der Waals surface area contributed by atoms with Crippen LogP contribution in [0.25, 0.3) is 0 Å². The summed E-state index contributed by atoms with van der Waals surface area (Å²) >= 11 is 0. The normalized spacial score (nSPS) is 14.8. The summed E-state index contributed by atoms with van der Waals surface area (Å²) in [5.74, 6) is -1.46. The molecule has 5 heteroatoms. The molecule has 1 atom stereocenters. The van der Waals surface area contributed by atoms with Crippen LogP contribution in [0.15, 0.2) is 0 Å². The smallest absolute Gasteiger partial charge is 0.329 e. The van der Waals surface area contributed by atoms with Gasteiger partial charge in [0.15, 0.2) is 0 Å². The molecule has 0 aliphatic carbocycles. The Hall–Kier alpha value is -1.10. The third-order valence-corrected chi connectivity index (χ3v) is 3.51. The summed E-state index contributed by atoms with van der Waals surface area (Å²) in [5, 5.41) is 22.0. The molecule has 0 spiro atoms. The van der Waals surface area contributed by atoms with Gasteiger partial charge in [0.1, 0.15) is 5.54 Å². The number of amides is 1. The first-order valence-electron chi connectivity index (χ1n) is 6.99. The molecular weight excluding hydrogens is 246 g/mol. The fourth-order valence-corrected chi connectivity index (χ4v) is 2.18. The zero-order chi connectivity index (χ0) is 15.1. The number of carboxylic acid groups (broad SMARTS) is 1. The van der Waals surface area contributed by atoms with Crippen molar-refractivity contribution in [2.24, 2.45) is 0 Å². The predicted octanol–water partition coefficient (Wildman–Crippen LogP) is 2.08. The fourth-order valence-electron chi connectivity index (χ4n) is 2.18. The summed E-state index contributed by atoms with van der Waals surface area (Å²) in [6, 6.07) is 0. The van der Waals surface area contributed by atoms with Gasteiger partial charge in [-0.2, -0.15) is 0 Å². The highest BCUT2D eigenvalue weighted by atomic mass is 16.4. The van der Waals surface area contributed by atoms with Crippen molar-refractivity contribution >= 4 is 11.9 Å². The van der Waals surface area contributed by atoms with Crippen molar-refractivity contribution < 1.29 is 19.8 Å². The van der Waals surface area contributed by atoms with Gasteiger partial charge in [0.25, 0.3) is 0 Å². The molecule has 0 saturated carbocycles. The molecule has 5 nitrogen and oxygen atoms in total. The topological polar surface area (TPSA) is 86.6 Å². The summed E-state index contributed by atoms with van der Waals surface area (Å²) in [4.78, 5) is 23.1. The molecule has 0 aromatic rings. The number of aliphatic hydroxyl groups is 1. The van der Waals surface area contributed by atoms with Crippen molar-refractivity contribution in [2.45, 2.75) is 77.4 Å². The number of rotatable bonds is 9. The second-order valence-corrected chi connectivity index (χ2v) is 5.44. The van der Waals surface area contributed by atoms with Gasteiger partial charge >= 0.3 is 5.97 Å². The van der Waals surface area contributed by atoms with Gasteiger partial charge in [-0.15, -0.1) is 0 Å². The Bertz CT molecular complexity index is 311. The van der Waals surface area contributed by atoms with Crippen molar-refractivity contribution in [1.29, 1.82) is 0 Å². The van der Waals surface area contributed by atoms with E-state index in [1.807, 2.05) is 13.8 Å². The van der Waals surface area contributed by atoms with Gasteiger partial charge < -0.3 is 15.5 Å². The van der Waals surface area contributed by atoms with Gasteiger partial charge in [-0.3, -0.25) is 4.79 Å². The molecule has 0 radical (unpaired) electrons. The van der Waals surface area contributed by atoms with E-state index in [0.717, 1.165) is 12.8 Å². The Morgan fingerprint density at radius 3 is 1.89 bits per heavy atom. The SMILES string of the molecule is CCCC(O)(CCC)CC(=O)NC(C)(CC)C(=O)O. The van der Waals surface area contributed by atoms with E-state index >= 15 is 0 Å². The minimum Gasteiger partial charge on any atom is -0.480 e. The van der Waals surface area contributed by atoms with Crippen molar-refractivity contribution in [3.8, 4) is 0 Å². The predicted molar refractivity (Wildman–Crippen MR) is 73.9 cm³/mol. The Morgan fingerprint density at radius 2 is 1.58 bits per heavy atom. The fraction of sp³-hybridized carbons (Fsp3) is 0.857. The van der Waals surface area contributed by atoms with Crippen LogP contribution in [0.3, 0.4) is 0 Å². The lowest BCUT2D eigenvalue weighted by molar-refractivity contribution is -0.148. The van der Waals surface area contributed by atoms with E-state index in [1.165, 1.54) is 6.92 Å². The van der Waals surface area contributed by atoms with Gasteiger partial charge in [0.2, 0.25) is 5.91 Å². The van der Waals surface area contributed by atoms with Crippen molar-refractivity contribution in [1.82, 2.24) is 5.32 Å². The van der Waals surface area contributed by atoms with E-state index in [-0.39, 0.29) is 6.42 Å². The lowest BCUT2D eigenvalue weighted by atomic mass is 9.88. The second-order valence-electron chi connectivity index (χ2n) is 5.44. The van der Waals surface area contributed by atoms with Crippen LogP contribution in [0.2, 0.25) is 0 Å². The molecule has 1 amide bonds. The first kappa shape index (κ1) is 17.9. The van der Waals surface area contributed by atoms with Crippen LogP contribution in [-0.2, 0) is 9.59 Å². The largest absolute Gasteiger partial charge is 0.480 e. The Morgan fingerprint density at radius 1 is 1.11 bits per heavy atom. The number of nitrogens with one attached hydrogen (secondary N) is 1. The van der Waals surface area contributed by atoms with Crippen LogP contribution in [0.5, 0.6) is 0 Å². The van der Waals surface area contributed by atoms with Gasteiger partial charge in [-0.1, -0.05) is 33.6 Å². The average molecular weight is 273 g/mol. The Labute approximate surface area is 115 Å². The van der Waals surface area contributed by atoms with Crippen LogP contribution in [-0.4, -0.2) is 33.2 Å². The molecule has 0 heterocycles. The molecule has 19 heavy (non-hydrogen) atoms. The Kier molecular flexibility index (Phi) is 7.05. The van der Waals surface area contributed by atoms with Crippen molar-refractivity contribution in [2.75, 3.05) is 0 Å². The van der Waals surface area contributed by atoms with Gasteiger partial charge in [-0.25, -0.2) is 4.79 Å². The summed E-state index contributed by atoms with van der Waals surface area (Å²) in [6.07, 6.45) is 2.92. The van der Waals surface area contributed by atoms with E-state index in [0.29, 0.717) is 19.3 Å². The summed E-state index contributed by atoms with van der Waals surface area (Å²) in [6.45, 7) is 7.09. The van der Waals surface area contributed by atoms with Crippen LogP contribution < -0.4 is 5.32 Å². The van der Waals surface area contributed by atoms with E-state index in [1.54, 1.807) is 6.92 Å². The number of hydrogen-bond acceptors (Lipinski definition) is 3. The number of aliphatic carboxylic acids is 1. The molecule has 0 bridgehead atoms. The lowest BCUT2D eigenvalue weighted by Gasteiger charge is -2.30. The summed E-state index contributed by atoms with van der Waals surface area (Å²) < 4.78 is 0. The van der Waals surface area contributed by atoms with E-state index in [2.05, 4.69) is 5.32 Å². The third kappa shape index (κ3) is 5.59. The molecule has 0 aromatic heterocycles. The standard InChI is InChI=1S/C14H27NO4/c1-5-8-14(19,9-6-2)10-11(16)15-13(4,7-3)12(17)18/h19H,5-10H2,1-4H3,(H,15,16)(H,17,18). The van der Waals surface area contributed by atoms with Crippen LogP contribution >= 0.6 is 0 Å². The Balaban J connectivity index is 4.70. The van der Waals surface area contributed by atoms with E-state index in [4.69, 9.17) is 5.11 Å².